The van der Waals surface area contributed by atoms with Gasteiger partial charge in [0, 0.05) is 11.7 Å². The Labute approximate surface area is 160 Å². The molecule has 8 heteroatoms. The first-order valence-electron chi connectivity index (χ1n) is 8.82. The quantitative estimate of drug-likeness (QED) is 0.758. The van der Waals surface area contributed by atoms with Crippen molar-refractivity contribution in [1.82, 2.24) is 4.90 Å². The SMILES string of the molecule is COc1ccc(N2C(=O)CN(CCC(C)C)C3CS(=O)(=O)CC32)cc1Cl. The molecule has 0 aromatic heterocycles. The van der Waals surface area contributed by atoms with Crippen LogP contribution in [-0.2, 0) is 14.6 Å². The number of nitrogens with zero attached hydrogens (tertiary/aromatic N) is 2. The van der Waals surface area contributed by atoms with Gasteiger partial charge in [-0.25, -0.2) is 8.42 Å². The van der Waals surface area contributed by atoms with Crippen LogP contribution in [0, 0.1) is 5.92 Å². The third kappa shape index (κ3) is 3.85. The molecule has 26 heavy (non-hydrogen) atoms. The summed E-state index contributed by atoms with van der Waals surface area (Å²) in [6.45, 7) is 5.21. The highest BCUT2D eigenvalue weighted by molar-refractivity contribution is 7.91. The van der Waals surface area contributed by atoms with Crippen molar-refractivity contribution in [2.75, 3.05) is 36.6 Å². The van der Waals surface area contributed by atoms with Gasteiger partial charge in [0.2, 0.25) is 5.91 Å². The minimum absolute atomic E-state index is 0.00870. The number of fused-ring (bicyclic) bond motifs is 1. The average molecular weight is 401 g/mol. The molecule has 2 fully saturated rings. The van der Waals surface area contributed by atoms with E-state index in [1.807, 2.05) is 4.90 Å². The molecular weight excluding hydrogens is 376 g/mol. The first-order valence-corrected chi connectivity index (χ1v) is 11.0. The van der Waals surface area contributed by atoms with E-state index in [9.17, 15) is 13.2 Å². The molecule has 2 atom stereocenters. The van der Waals surface area contributed by atoms with Gasteiger partial charge in [-0.3, -0.25) is 9.69 Å². The van der Waals surface area contributed by atoms with Crippen LogP contribution < -0.4 is 9.64 Å². The van der Waals surface area contributed by atoms with Crippen LogP contribution in [0.15, 0.2) is 18.2 Å². The largest absolute Gasteiger partial charge is 0.495 e. The molecule has 2 aliphatic rings. The van der Waals surface area contributed by atoms with Crippen molar-refractivity contribution in [3.63, 3.8) is 0 Å². The van der Waals surface area contributed by atoms with Crippen molar-refractivity contribution in [2.45, 2.75) is 32.4 Å². The predicted octanol–water partition coefficient (Wildman–Crippen LogP) is 2.21. The number of methoxy groups -OCH3 is 1. The zero-order chi connectivity index (χ0) is 19.1. The second kappa shape index (κ2) is 7.37. The molecule has 0 bridgehead atoms. The van der Waals surface area contributed by atoms with Gasteiger partial charge in [-0.2, -0.15) is 0 Å². The lowest BCUT2D eigenvalue weighted by molar-refractivity contribution is -0.123. The molecule has 0 radical (unpaired) electrons. The topological polar surface area (TPSA) is 66.9 Å². The molecule has 2 unspecified atom stereocenters. The zero-order valence-electron chi connectivity index (χ0n) is 15.3. The highest BCUT2D eigenvalue weighted by Crippen LogP contribution is 2.35. The fraction of sp³-hybridized carbons (Fsp3) is 0.611. The Morgan fingerprint density at radius 1 is 1.27 bits per heavy atom. The van der Waals surface area contributed by atoms with Crippen molar-refractivity contribution in [3.8, 4) is 5.75 Å². The molecule has 6 nitrogen and oxygen atoms in total. The van der Waals surface area contributed by atoms with Gasteiger partial charge in [0.1, 0.15) is 5.75 Å². The normalized spacial score (nSPS) is 25.6. The number of rotatable bonds is 5. The number of amides is 1. The molecule has 1 aromatic rings. The van der Waals surface area contributed by atoms with Crippen LogP contribution in [-0.4, -0.2) is 63.0 Å². The van der Waals surface area contributed by atoms with E-state index in [-0.39, 0.29) is 36.0 Å². The molecule has 2 aliphatic heterocycles. The van der Waals surface area contributed by atoms with Gasteiger partial charge in [-0.15, -0.1) is 0 Å². The van der Waals surface area contributed by atoms with Crippen molar-refractivity contribution in [3.05, 3.63) is 23.2 Å². The number of carbonyl (C=O) groups is 1. The molecule has 1 aromatic carbocycles. The minimum Gasteiger partial charge on any atom is -0.495 e. The van der Waals surface area contributed by atoms with Crippen LogP contribution in [0.5, 0.6) is 5.75 Å². The summed E-state index contributed by atoms with van der Waals surface area (Å²) in [6.07, 6.45) is 0.935. The van der Waals surface area contributed by atoms with Crippen molar-refractivity contribution in [1.29, 1.82) is 0 Å². The smallest absolute Gasteiger partial charge is 0.241 e. The Morgan fingerprint density at radius 2 is 1.96 bits per heavy atom. The number of piperazine rings is 1. The van der Waals surface area contributed by atoms with Crippen molar-refractivity contribution < 1.29 is 17.9 Å². The maximum absolute atomic E-state index is 12.9. The Kier molecular flexibility index (Phi) is 5.51. The van der Waals surface area contributed by atoms with E-state index in [0.717, 1.165) is 13.0 Å². The van der Waals surface area contributed by atoms with E-state index in [2.05, 4.69) is 13.8 Å². The summed E-state index contributed by atoms with van der Waals surface area (Å²) in [4.78, 5) is 16.5. The van der Waals surface area contributed by atoms with E-state index >= 15 is 0 Å². The lowest BCUT2D eigenvalue weighted by Gasteiger charge is -2.43. The number of benzene rings is 1. The number of hydrogen-bond donors (Lipinski definition) is 0. The summed E-state index contributed by atoms with van der Waals surface area (Å²) >= 11 is 6.22. The second-order valence-corrected chi connectivity index (χ2v) is 10.0. The van der Waals surface area contributed by atoms with Crippen LogP contribution in [0.3, 0.4) is 0 Å². The van der Waals surface area contributed by atoms with Gasteiger partial charge in [0.05, 0.1) is 36.2 Å². The summed E-state index contributed by atoms with van der Waals surface area (Å²) in [6, 6.07) is 4.59. The third-order valence-corrected chi connectivity index (χ3v) is 7.10. The Balaban J connectivity index is 1.92. The molecule has 0 aliphatic carbocycles. The van der Waals surface area contributed by atoms with Crippen molar-refractivity contribution >= 4 is 33.0 Å². The highest BCUT2D eigenvalue weighted by Gasteiger charge is 2.49. The number of anilines is 1. The molecule has 2 saturated heterocycles. The minimum atomic E-state index is -3.18. The van der Waals surface area contributed by atoms with Crippen LogP contribution >= 0.6 is 11.6 Å². The number of sulfone groups is 1. The average Bonchev–Trinajstić information content (AvgIpc) is 2.87. The summed E-state index contributed by atoms with van der Waals surface area (Å²) in [5, 5.41) is 0.400. The molecular formula is C18H25ClN2O4S. The Bertz CT molecular complexity index is 796. The van der Waals surface area contributed by atoms with E-state index in [1.54, 1.807) is 23.1 Å². The van der Waals surface area contributed by atoms with E-state index in [1.165, 1.54) is 7.11 Å². The second-order valence-electron chi connectivity index (χ2n) is 7.45. The molecule has 144 valence electrons. The predicted molar refractivity (Wildman–Crippen MR) is 103 cm³/mol. The van der Waals surface area contributed by atoms with Gasteiger partial charge >= 0.3 is 0 Å². The molecule has 3 rings (SSSR count). The monoisotopic (exact) mass is 400 g/mol. The van der Waals surface area contributed by atoms with Crippen LogP contribution in [0.25, 0.3) is 0 Å². The summed E-state index contributed by atoms with van der Waals surface area (Å²) < 4.78 is 29.8. The van der Waals surface area contributed by atoms with Gasteiger partial charge in [0.25, 0.3) is 0 Å². The van der Waals surface area contributed by atoms with Crippen LogP contribution in [0.2, 0.25) is 5.02 Å². The van der Waals surface area contributed by atoms with E-state index < -0.39 is 9.84 Å². The standard InChI is InChI=1S/C18H25ClN2O4S/c1-12(2)6-7-20-9-18(22)21(16-11-26(23,24)10-15(16)20)13-4-5-17(25-3)14(19)8-13/h4-5,8,12,15-16H,6-7,9-11H2,1-3H3. The molecule has 0 saturated carbocycles. The number of carbonyl (C=O) groups excluding carboxylic acids is 1. The molecule has 0 spiro atoms. The number of halogens is 1. The summed E-state index contributed by atoms with van der Waals surface area (Å²) in [5.74, 6) is 1.02. The Hall–Kier alpha value is -1.31. The zero-order valence-corrected chi connectivity index (χ0v) is 16.9. The number of ether oxygens (including phenoxy) is 1. The maximum atomic E-state index is 12.9. The van der Waals surface area contributed by atoms with Gasteiger partial charge < -0.3 is 9.64 Å². The highest BCUT2D eigenvalue weighted by atomic mass is 35.5. The first kappa shape index (κ1) is 19.5. The first-order chi connectivity index (χ1) is 12.2. The van der Waals surface area contributed by atoms with E-state index in [0.29, 0.717) is 22.4 Å². The van der Waals surface area contributed by atoms with E-state index in [4.69, 9.17) is 16.3 Å². The summed E-state index contributed by atoms with van der Waals surface area (Å²) in [7, 11) is -1.65. The van der Waals surface area contributed by atoms with Crippen LogP contribution in [0.1, 0.15) is 20.3 Å². The molecule has 2 heterocycles. The van der Waals surface area contributed by atoms with Crippen molar-refractivity contribution in [2.24, 2.45) is 5.92 Å². The molecule has 1 amide bonds. The number of hydrogen-bond acceptors (Lipinski definition) is 5. The maximum Gasteiger partial charge on any atom is 0.241 e. The molecule has 0 N–H and O–H groups in total. The van der Waals surface area contributed by atoms with Gasteiger partial charge in [0.15, 0.2) is 9.84 Å². The third-order valence-electron chi connectivity index (χ3n) is 5.11. The Morgan fingerprint density at radius 3 is 2.58 bits per heavy atom. The fourth-order valence-electron chi connectivity index (χ4n) is 3.77. The lowest BCUT2D eigenvalue weighted by Crippen LogP contribution is -2.62. The van der Waals surface area contributed by atoms with Crippen LogP contribution in [0.4, 0.5) is 5.69 Å². The van der Waals surface area contributed by atoms with Gasteiger partial charge in [-0.05, 0) is 37.1 Å². The lowest BCUT2D eigenvalue weighted by atomic mass is 10.0. The van der Waals surface area contributed by atoms with Gasteiger partial charge in [-0.1, -0.05) is 25.4 Å². The summed E-state index contributed by atoms with van der Waals surface area (Å²) in [5.41, 5.74) is 0.622. The fourth-order valence-corrected chi connectivity index (χ4v) is 6.00.